The van der Waals surface area contributed by atoms with Gasteiger partial charge in [-0.3, -0.25) is 0 Å². The number of halogens is 1. The van der Waals surface area contributed by atoms with Crippen molar-refractivity contribution in [3.63, 3.8) is 0 Å². The average molecular weight is 387 g/mol. The lowest BCUT2D eigenvalue weighted by Crippen LogP contribution is -2.38. The molecule has 0 amide bonds. The molecule has 5 heteroatoms. The minimum Gasteiger partial charge on any atom is -0.372 e. The van der Waals surface area contributed by atoms with Crippen LogP contribution in [0.15, 0.2) is 0 Å². The van der Waals surface area contributed by atoms with Crippen molar-refractivity contribution in [1.29, 1.82) is 0 Å². The highest BCUT2D eigenvalue weighted by atomic mass is 127. The second-order valence-corrected chi connectivity index (χ2v) is 6.96. The molecule has 0 saturated heterocycles. The maximum atomic E-state index is 5.76. The summed E-state index contributed by atoms with van der Waals surface area (Å²) in [6, 6.07) is 0. The maximum Gasteiger partial charge on any atom is 0.162 e. The fraction of sp³-hybridized carbons (Fsp3) is 0.733. The van der Waals surface area contributed by atoms with Crippen molar-refractivity contribution in [3.8, 4) is 0 Å². The normalized spacial score (nSPS) is 21.8. The zero-order chi connectivity index (χ0) is 14.2. The Bertz CT molecular complexity index is 491. The first-order valence-electron chi connectivity index (χ1n) is 7.51. The smallest absolute Gasteiger partial charge is 0.162 e. The van der Waals surface area contributed by atoms with Crippen molar-refractivity contribution in [2.45, 2.75) is 56.5 Å². The Morgan fingerprint density at radius 3 is 2.40 bits per heavy atom. The van der Waals surface area contributed by atoms with Gasteiger partial charge in [0.1, 0.15) is 11.4 Å². The summed E-state index contributed by atoms with van der Waals surface area (Å²) in [6.07, 6.45) is 8.45. The number of hydrogen-bond donors (Lipinski definition) is 1. The molecule has 0 unspecified atom stereocenters. The molecule has 2 fully saturated rings. The summed E-state index contributed by atoms with van der Waals surface area (Å²) in [5.41, 5.74) is 1.00. The fourth-order valence-electron chi connectivity index (χ4n) is 3.32. The highest BCUT2D eigenvalue weighted by Gasteiger charge is 2.42. The van der Waals surface area contributed by atoms with Gasteiger partial charge in [0.05, 0.1) is 9.26 Å². The van der Waals surface area contributed by atoms with Crippen LogP contribution in [0.4, 0.5) is 5.82 Å². The molecule has 0 atom stereocenters. The second kappa shape index (κ2) is 5.75. The van der Waals surface area contributed by atoms with Crippen molar-refractivity contribution < 1.29 is 4.74 Å². The lowest BCUT2D eigenvalue weighted by atomic mass is 9.79. The molecule has 2 saturated carbocycles. The molecule has 2 aliphatic carbocycles. The Hall–Kier alpha value is -0.430. The number of hydrogen-bond acceptors (Lipinski definition) is 4. The standard InChI is InChI=1S/C15H22IN3O/c1-17-13-11(16)12(10-6-3-4-7-10)18-14(19-13)15(20-2)8-5-9-15/h10H,3-9H2,1-2H3,(H,17,18,19). The van der Waals surface area contributed by atoms with Crippen LogP contribution in [0.25, 0.3) is 0 Å². The molecule has 1 aromatic heterocycles. The van der Waals surface area contributed by atoms with E-state index in [2.05, 4.69) is 27.9 Å². The van der Waals surface area contributed by atoms with Gasteiger partial charge in [-0.1, -0.05) is 12.8 Å². The van der Waals surface area contributed by atoms with Gasteiger partial charge < -0.3 is 10.1 Å². The minimum absolute atomic E-state index is 0.233. The van der Waals surface area contributed by atoms with Crippen LogP contribution < -0.4 is 5.32 Å². The summed E-state index contributed by atoms with van der Waals surface area (Å²) in [5, 5.41) is 3.23. The van der Waals surface area contributed by atoms with E-state index in [0.717, 1.165) is 24.5 Å². The molecule has 0 radical (unpaired) electrons. The third-order valence-corrected chi connectivity index (χ3v) is 5.88. The molecule has 0 aromatic carbocycles. The first-order valence-corrected chi connectivity index (χ1v) is 8.59. The highest BCUT2D eigenvalue weighted by Crippen LogP contribution is 2.45. The van der Waals surface area contributed by atoms with Gasteiger partial charge in [0.25, 0.3) is 0 Å². The van der Waals surface area contributed by atoms with Crippen LogP contribution in [-0.4, -0.2) is 24.1 Å². The Morgan fingerprint density at radius 1 is 1.20 bits per heavy atom. The van der Waals surface area contributed by atoms with E-state index in [1.165, 1.54) is 41.4 Å². The van der Waals surface area contributed by atoms with Crippen LogP contribution in [0.3, 0.4) is 0 Å². The number of nitrogens with zero attached hydrogens (tertiary/aromatic N) is 2. The average Bonchev–Trinajstić information content (AvgIpc) is 2.93. The predicted molar refractivity (Wildman–Crippen MR) is 88.0 cm³/mol. The summed E-state index contributed by atoms with van der Waals surface area (Å²) in [5.74, 6) is 2.45. The van der Waals surface area contributed by atoms with Gasteiger partial charge in [0.15, 0.2) is 5.82 Å². The number of anilines is 1. The highest BCUT2D eigenvalue weighted by molar-refractivity contribution is 14.1. The third kappa shape index (κ3) is 2.32. The monoisotopic (exact) mass is 387 g/mol. The fourth-order valence-corrected chi connectivity index (χ4v) is 4.27. The van der Waals surface area contributed by atoms with Gasteiger partial charge in [-0.15, -0.1) is 0 Å². The maximum absolute atomic E-state index is 5.76. The van der Waals surface area contributed by atoms with Crippen molar-refractivity contribution in [2.75, 3.05) is 19.5 Å². The number of ether oxygens (including phenoxy) is 1. The molecule has 20 heavy (non-hydrogen) atoms. The quantitative estimate of drug-likeness (QED) is 0.799. The summed E-state index contributed by atoms with van der Waals surface area (Å²) >= 11 is 2.39. The zero-order valence-electron chi connectivity index (χ0n) is 12.2. The molecule has 1 N–H and O–H groups in total. The van der Waals surface area contributed by atoms with Crippen LogP contribution in [0, 0.1) is 3.57 Å². The lowest BCUT2D eigenvalue weighted by Gasteiger charge is -2.39. The summed E-state index contributed by atoms with van der Waals surface area (Å²) in [4.78, 5) is 9.68. The zero-order valence-corrected chi connectivity index (χ0v) is 14.4. The SMILES string of the molecule is CNc1nc(C2(OC)CCC2)nc(C2CCCC2)c1I. The summed E-state index contributed by atoms with van der Waals surface area (Å²) in [7, 11) is 3.72. The van der Waals surface area contributed by atoms with Crippen molar-refractivity contribution in [3.05, 3.63) is 15.1 Å². The first kappa shape index (κ1) is 14.5. The van der Waals surface area contributed by atoms with Crippen LogP contribution in [0.1, 0.15) is 62.4 Å². The van der Waals surface area contributed by atoms with E-state index >= 15 is 0 Å². The van der Waals surface area contributed by atoms with E-state index in [9.17, 15) is 0 Å². The molecular weight excluding hydrogens is 365 g/mol. The molecule has 1 heterocycles. The number of aromatic nitrogens is 2. The van der Waals surface area contributed by atoms with E-state index in [4.69, 9.17) is 14.7 Å². The van der Waals surface area contributed by atoms with Gasteiger partial charge in [-0.05, 0) is 54.7 Å². The van der Waals surface area contributed by atoms with Crippen LogP contribution in [-0.2, 0) is 10.3 Å². The summed E-state index contributed by atoms with van der Waals surface area (Å²) < 4.78 is 6.95. The van der Waals surface area contributed by atoms with Gasteiger partial charge in [-0.2, -0.15) is 0 Å². The topological polar surface area (TPSA) is 47.0 Å². The van der Waals surface area contributed by atoms with Gasteiger partial charge in [0.2, 0.25) is 0 Å². The van der Waals surface area contributed by atoms with Crippen molar-refractivity contribution in [1.82, 2.24) is 9.97 Å². The molecule has 3 rings (SSSR count). The molecule has 4 nitrogen and oxygen atoms in total. The Morgan fingerprint density at radius 2 is 1.90 bits per heavy atom. The van der Waals surface area contributed by atoms with Crippen LogP contribution >= 0.6 is 22.6 Å². The van der Waals surface area contributed by atoms with E-state index in [1.54, 1.807) is 7.11 Å². The van der Waals surface area contributed by atoms with E-state index in [1.807, 2.05) is 7.05 Å². The molecule has 2 aliphatic rings. The van der Waals surface area contributed by atoms with Gasteiger partial charge in [-0.25, -0.2) is 9.97 Å². The van der Waals surface area contributed by atoms with Crippen molar-refractivity contribution >= 4 is 28.4 Å². The Kier molecular flexibility index (Phi) is 4.17. The number of rotatable bonds is 4. The number of nitrogens with one attached hydrogen (secondary N) is 1. The van der Waals surface area contributed by atoms with E-state index < -0.39 is 0 Å². The van der Waals surface area contributed by atoms with Gasteiger partial charge in [0, 0.05) is 20.1 Å². The van der Waals surface area contributed by atoms with Crippen molar-refractivity contribution in [2.24, 2.45) is 0 Å². The molecule has 0 bridgehead atoms. The Balaban J connectivity index is 2.04. The lowest BCUT2D eigenvalue weighted by molar-refractivity contribution is -0.0847. The first-order chi connectivity index (χ1) is 9.70. The molecule has 1 aromatic rings. The van der Waals surface area contributed by atoms with E-state index in [-0.39, 0.29) is 5.60 Å². The van der Waals surface area contributed by atoms with Crippen LogP contribution in [0.5, 0.6) is 0 Å². The van der Waals surface area contributed by atoms with E-state index in [0.29, 0.717) is 5.92 Å². The van der Waals surface area contributed by atoms with Crippen LogP contribution in [0.2, 0.25) is 0 Å². The largest absolute Gasteiger partial charge is 0.372 e. The molecule has 110 valence electrons. The third-order valence-electron chi connectivity index (χ3n) is 4.82. The summed E-state index contributed by atoms with van der Waals surface area (Å²) in [6.45, 7) is 0. The predicted octanol–water partition coefficient (Wildman–Crippen LogP) is 3.81. The molecular formula is C15H22IN3O. The van der Waals surface area contributed by atoms with Gasteiger partial charge >= 0.3 is 0 Å². The molecule has 0 spiro atoms. The number of methoxy groups -OCH3 is 1. The Labute approximate surface area is 134 Å². The second-order valence-electron chi connectivity index (χ2n) is 5.88. The minimum atomic E-state index is -0.233. The molecule has 0 aliphatic heterocycles.